The lowest BCUT2D eigenvalue weighted by Gasteiger charge is -2.36. The van der Waals surface area contributed by atoms with Crippen LogP contribution in [0.25, 0.3) is 0 Å². The van der Waals surface area contributed by atoms with Gasteiger partial charge in [-0.3, -0.25) is 9.69 Å². The van der Waals surface area contributed by atoms with E-state index in [9.17, 15) is 4.79 Å². The molecule has 1 aromatic rings. The zero-order valence-corrected chi connectivity index (χ0v) is 15.6. The summed E-state index contributed by atoms with van der Waals surface area (Å²) in [6.07, 6.45) is 3.82. The van der Waals surface area contributed by atoms with Crippen LogP contribution in [0.3, 0.4) is 0 Å². The van der Waals surface area contributed by atoms with Gasteiger partial charge in [0.2, 0.25) is 5.91 Å². The summed E-state index contributed by atoms with van der Waals surface area (Å²) in [7, 11) is 3.51. The second kappa shape index (κ2) is 10.0. The molecule has 0 spiro atoms. The minimum absolute atomic E-state index is 0.0134. The summed E-state index contributed by atoms with van der Waals surface area (Å²) in [6.45, 7) is 7.66. The van der Waals surface area contributed by atoms with Gasteiger partial charge in [0.1, 0.15) is 12.8 Å². The zero-order chi connectivity index (χ0) is 18.1. The highest BCUT2D eigenvalue weighted by atomic mass is 16.5. The molecule has 0 aromatic carbocycles. The van der Waals surface area contributed by atoms with Crippen LogP contribution in [-0.4, -0.2) is 85.1 Å². The zero-order valence-electron chi connectivity index (χ0n) is 15.6. The van der Waals surface area contributed by atoms with Crippen molar-refractivity contribution in [2.45, 2.75) is 26.3 Å². The van der Waals surface area contributed by atoms with Gasteiger partial charge in [-0.1, -0.05) is 18.5 Å². The van der Waals surface area contributed by atoms with Crippen molar-refractivity contribution >= 4 is 11.9 Å². The van der Waals surface area contributed by atoms with Gasteiger partial charge in [-0.25, -0.2) is 4.99 Å². The highest BCUT2D eigenvalue weighted by Crippen LogP contribution is 2.07. The van der Waals surface area contributed by atoms with Gasteiger partial charge in [0.25, 0.3) is 0 Å². The first-order valence-corrected chi connectivity index (χ1v) is 8.95. The predicted octanol–water partition coefficient (Wildman–Crippen LogP) is 0.626. The van der Waals surface area contributed by atoms with E-state index in [-0.39, 0.29) is 12.5 Å². The normalized spacial score (nSPS) is 16.1. The molecule has 0 aliphatic carbocycles. The Morgan fingerprint density at radius 3 is 2.72 bits per heavy atom. The van der Waals surface area contributed by atoms with Crippen molar-refractivity contribution in [2.75, 3.05) is 53.4 Å². The summed E-state index contributed by atoms with van der Waals surface area (Å²) in [4.78, 5) is 22.5. The highest BCUT2D eigenvalue weighted by molar-refractivity contribution is 5.84. The SMILES string of the molecule is CCCCNC(=NCC(=O)N(C)C)N1CCN(Cc2ccon2)CC1. The topological polar surface area (TPSA) is 77.2 Å². The Morgan fingerprint density at radius 1 is 1.36 bits per heavy atom. The number of nitrogens with one attached hydrogen (secondary N) is 1. The number of guanidine groups is 1. The van der Waals surface area contributed by atoms with Crippen LogP contribution in [0.4, 0.5) is 0 Å². The third-order valence-corrected chi connectivity index (χ3v) is 4.23. The fourth-order valence-corrected chi connectivity index (χ4v) is 2.59. The number of likely N-dealkylation sites (N-methyl/N-ethyl adjacent to an activating group) is 1. The molecule has 0 atom stereocenters. The van der Waals surface area contributed by atoms with Crippen LogP contribution < -0.4 is 5.32 Å². The van der Waals surface area contributed by atoms with Gasteiger partial charge in [-0.15, -0.1) is 0 Å². The van der Waals surface area contributed by atoms with Gasteiger partial charge in [-0.05, 0) is 6.42 Å². The molecule has 140 valence electrons. The van der Waals surface area contributed by atoms with E-state index in [4.69, 9.17) is 4.52 Å². The Kier molecular flexibility index (Phi) is 7.72. The Hall–Kier alpha value is -2.09. The highest BCUT2D eigenvalue weighted by Gasteiger charge is 2.20. The van der Waals surface area contributed by atoms with Crippen LogP contribution >= 0.6 is 0 Å². The van der Waals surface area contributed by atoms with Crippen molar-refractivity contribution in [3.8, 4) is 0 Å². The summed E-state index contributed by atoms with van der Waals surface area (Å²) in [5.41, 5.74) is 0.958. The Labute approximate surface area is 149 Å². The number of hydrogen-bond donors (Lipinski definition) is 1. The maximum absolute atomic E-state index is 11.8. The molecule has 0 radical (unpaired) electrons. The van der Waals surface area contributed by atoms with Crippen LogP contribution in [0.5, 0.6) is 0 Å². The number of rotatable bonds is 7. The van der Waals surface area contributed by atoms with Gasteiger partial charge in [0, 0.05) is 59.4 Å². The lowest BCUT2D eigenvalue weighted by atomic mass is 10.3. The number of piperazine rings is 1. The van der Waals surface area contributed by atoms with E-state index >= 15 is 0 Å². The van der Waals surface area contributed by atoms with Gasteiger partial charge >= 0.3 is 0 Å². The molecule has 2 heterocycles. The summed E-state index contributed by atoms with van der Waals surface area (Å²) in [5.74, 6) is 0.851. The first kappa shape index (κ1) is 19.2. The molecular weight excluding hydrogens is 320 g/mol. The molecule has 2 rings (SSSR count). The number of amides is 1. The van der Waals surface area contributed by atoms with E-state index in [1.54, 1.807) is 25.3 Å². The average Bonchev–Trinajstić information content (AvgIpc) is 3.11. The number of nitrogens with zero attached hydrogens (tertiary/aromatic N) is 5. The Morgan fingerprint density at radius 2 is 2.12 bits per heavy atom. The van der Waals surface area contributed by atoms with Crippen molar-refractivity contribution in [3.05, 3.63) is 18.0 Å². The van der Waals surface area contributed by atoms with Crippen LogP contribution in [0.1, 0.15) is 25.5 Å². The third-order valence-electron chi connectivity index (χ3n) is 4.23. The fourth-order valence-electron chi connectivity index (χ4n) is 2.59. The van der Waals surface area contributed by atoms with Crippen molar-refractivity contribution in [1.82, 2.24) is 25.2 Å². The molecule has 1 amide bonds. The van der Waals surface area contributed by atoms with Gasteiger partial charge in [-0.2, -0.15) is 0 Å². The van der Waals surface area contributed by atoms with Gasteiger partial charge < -0.3 is 19.6 Å². The maximum atomic E-state index is 11.8. The van der Waals surface area contributed by atoms with Crippen molar-refractivity contribution < 1.29 is 9.32 Å². The average molecular weight is 350 g/mol. The Bertz CT molecular complexity index is 535. The lowest BCUT2D eigenvalue weighted by molar-refractivity contribution is -0.127. The largest absolute Gasteiger partial charge is 0.364 e. The number of aromatic nitrogens is 1. The standard InChI is InChI=1S/C17H30N6O2/c1-4-5-7-18-17(19-13-16(24)21(2)3)23-10-8-22(9-11-23)14-15-6-12-25-20-15/h6,12H,4-5,7-11,13-14H2,1-3H3,(H,18,19). The number of unbranched alkanes of at least 4 members (excludes halogenated alkanes) is 1. The summed E-state index contributed by atoms with van der Waals surface area (Å²) in [6, 6.07) is 1.90. The van der Waals surface area contributed by atoms with Crippen molar-refractivity contribution in [1.29, 1.82) is 0 Å². The quantitative estimate of drug-likeness (QED) is 0.441. The van der Waals surface area contributed by atoms with Crippen molar-refractivity contribution in [2.24, 2.45) is 4.99 Å². The van der Waals surface area contributed by atoms with E-state index < -0.39 is 0 Å². The van der Waals surface area contributed by atoms with Crippen LogP contribution in [0, 0.1) is 0 Å². The summed E-state index contributed by atoms with van der Waals surface area (Å²) >= 11 is 0. The molecule has 1 aromatic heterocycles. The molecule has 0 saturated carbocycles. The first-order chi connectivity index (χ1) is 12.1. The van der Waals surface area contributed by atoms with E-state index in [0.29, 0.717) is 0 Å². The number of carbonyl (C=O) groups is 1. The lowest BCUT2D eigenvalue weighted by Crippen LogP contribution is -2.52. The number of hydrogen-bond acceptors (Lipinski definition) is 5. The molecule has 1 fully saturated rings. The monoisotopic (exact) mass is 350 g/mol. The number of aliphatic imine (C=N–C) groups is 1. The second-order valence-electron chi connectivity index (χ2n) is 6.46. The van der Waals surface area contributed by atoms with Crippen LogP contribution in [0.15, 0.2) is 21.8 Å². The summed E-state index contributed by atoms with van der Waals surface area (Å²) in [5, 5.41) is 7.38. The molecule has 0 bridgehead atoms. The fraction of sp³-hybridized carbons (Fsp3) is 0.706. The van der Waals surface area contributed by atoms with Gasteiger partial charge in [0.05, 0.1) is 5.69 Å². The molecule has 0 unspecified atom stereocenters. The molecule has 1 aliphatic heterocycles. The molecular formula is C17H30N6O2. The predicted molar refractivity (Wildman–Crippen MR) is 97.3 cm³/mol. The minimum Gasteiger partial charge on any atom is -0.364 e. The van der Waals surface area contributed by atoms with Gasteiger partial charge in [0.15, 0.2) is 5.96 Å². The third kappa shape index (κ3) is 6.38. The second-order valence-corrected chi connectivity index (χ2v) is 6.46. The smallest absolute Gasteiger partial charge is 0.243 e. The summed E-state index contributed by atoms with van der Waals surface area (Å²) < 4.78 is 4.89. The Balaban J connectivity index is 1.88. The van der Waals surface area contributed by atoms with Crippen LogP contribution in [-0.2, 0) is 11.3 Å². The van der Waals surface area contributed by atoms with Crippen LogP contribution in [0.2, 0.25) is 0 Å². The van der Waals surface area contributed by atoms with E-state index in [1.165, 1.54) is 0 Å². The first-order valence-electron chi connectivity index (χ1n) is 8.95. The molecule has 25 heavy (non-hydrogen) atoms. The molecule has 1 saturated heterocycles. The number of carbonyl (C=O) groups excluding carboxylic acids is 1. The maximum Gasteiger partial charge on any atom is 0.243 e. The van der Waals surface area contributed by atoms with Crippen molar-refractivity contribution in [3.63, 3.8) is 0 Å². The van der Waals surface area contributed by atoms with E-state index in [1.807, 2.05) is 6.07 Å². The molecule has 1 aliphatic rings. The molecule has 1 N–H and O–H groups in total. The van der Waals surface area contributed by atoms with E-state index in [0.717, 1.165) is 63.8 Å². The molecule has 8 nitrogen and oxygen atoms in total. The minimum atomic E-state index is 0.0134. The molecule has 8 heteroatoms. The van der Waals surface area contributed by atoms with E-state index in [2.05, 4.69) is 32.2 Å².